The summed E-state index contributed by atoms with van der Waals surface area (Å²) in [4.78, 5) is 15.7. The number of nitrogens with zero attached hydrogens (tertiary/aromatic N) is 2. The molecular weight excluding hydrogens is 180 g/mol. The standard InChI is InChI=1S/C10H20N2O2/c1-4-14-10(13)8-12-6-5-11(3)9(2)7-12/h9H,4-8H2,1-3H3. The largest absolute Gasteiger partial charge is 0.465 e. The Kier molecular flexibility index (Phi) is 4.35. The van der Waals surface area contributed by atoms with E-state index < -0.39 is 0 Å². The summed E-state index contributed by atoms with van der Waals surface area (Å²) in [7, 11) is 2.12. The van der Waals surface area contributed by atoms with E-state index in [9.17, 15) is 4.79 Å². The van der Waals surface area contributed by atoms with Gasteiger partial charge in [-0.3, -0.25) is 9.69 Å². The van der Waals surface area contributed by atoms with Crippen LogP contribution in [0.25, 0.3) is 0 Å². The molecule has 82 valence electrons. The van der Waals surface area contributed by atoms with E-state index in [-0.39, 0.29) is 5.97 Å². The second kappa shape index (κ2) is 5.32. The summed E-state index contributed by atoms with van der Waals surface area (Å²) < 4.78 is 4.91. The molecule has 1 rings (SSSR count). The highest BCUT2D eigenvalue weighted by atomic mass is 16.5. The normalized spacial score (nSPS) is 24.9. The van der Waals surface area contributed by atoms with Gasteiger partial charge in [0.25, 0.3) is 0 Å². The van der Waals surface area contributed by atoms with E-state index in [0.29, 0.717) is 19.2 Å². The summed E-state index contributed by atoms with van der Waals surface area (Å²) in [5.41, 5.74) is 0. The van der Waals surface area contributed by atoms with E-state index in [1.54, 1.807) is 0 Å². The lowest BCUT2D eigenvalue weighted by atomic mass is 10.2. The van der Waals surface area contributed by atoms with Crippen LogP contribution in [-0.2, 0) is 9.53 Å². The van der Waals surface area contributed by atoms with Crippen LogP contribution < -0.4 is 0 Å². The number of hydrogen-bond donors (Lipinski definition) is 0. The number of likely N-dealkylation sites (N-methyl/N-ethyl adjacent to an activating group) is 1. The molecule has 0 aromatic rings. The summed E-state index contributed by atoms with van der Waals surface area (Å²) >= 11 is 0. The maximum Gasteiger partial charge on any atom is 0.320 e. The third kappa shape index (κ3) is 3.27. The molecule has 0 aromatic carbocycles. The predicted molar refractivity (Wildman–Crippen MR) is 55.2 cm³/mol. The number of rotatable bonds is 3. The lowest BCUT2D eigenvalue weighted by molar-refractivity contribution is -0.145. The van der Waals surface area contributed by atoms with Crippen molar-refractivity contribution in [1.29, 1.82) is 0 Å². The Morgan fingerprint density at radius 1 is 1.50 bits per heavy atom. The zero-order chi connectivity index (χ0) is 10.6. The highest BCUT2D eigenvalue weighted by Gasteiger charge is 2.22. The molecule has 1 saturated heterocycles. The topological polar surface area (TPSA) is 32.8 Å². The summed E-state index contributed by atoms with van der Waals surface area (Å²) in [6, 6.07) is 0.526. The molecule has 1 atom stereocenters. The van der Waals surface area contributed by atoms with Crippen molar-refractivity contribution in [2.45, 2.75) is 19.9 Å². The molecule has 0 N–H and O–H groups in total. The zero-order valence-corrected chi connectivity index (χ0v) is 9.32. The van der Waals surface area contributed by atoms with E-state index in [1.165, 1.54) is 0 Å². The van der Waals surface area contributed by atoms with Gasteiger partial charge in [0.2, 0.25) is 0 Å². The van der Waals surface area contributed by atoms with Crippen LogP contribution >= 0.6 is 0 Å². The van der Waals surface area contributed by atoms with Gasteiger partial charge in [-0.05, 0) is 20.9 Å². The van der Waals surface area contributed by atoms with Crippen LogP contribution in [0, 0.1) is 0 Å². The molecule has 0 spiro atoms. The minimum absolute atomic E-state index is 0.107. The minimum Gasteiger partial charge on any atom is -0.465 e. The van der Waals surface area contributed by atoms with E-state index in [4.69, 9.17) is 4.74 Å². The molecule has 1 heterocycles. The van der Waals surface area contributed by atoms with Gasteiger partial charge < -0.3 is 9.64 Å². The fourth-order valence-electron chi connectivity index (χ4n) is 1.66. The molecule has 4 heteroatoms. The summed E-state index contributed by atoms with van der Waals surface area (Å²) in [6.07, 6.45) is 0. The first kappa shape index (κ1) is 11.5. The highest BCUT2D eigenvalue weighted by Crippen LogP contribution is 2.06. The van der Waals surface area contributed by atoms with Crippen molar-refractivity contribution in [3.8, 4) is 0 Å². The molecule has 1 fully saturated rings. The van der Waals surface area contributed by atoms with E-state index in [0.717, 1.165) is 19.6 Å². The highest BCUT2D eigenvalue weighted by molar-refractivity contribution is 5.71. The second-order valence-corrected chi connectivity index (χ2v) is 3.87. The van der Waals surface area contributed by atoms with Gasteiger partial charge in [-0.25, -0.2) is 0 Å². The van der Waals surface area contributed by atoms with Crippen LogP contribution in [0.1, 0.15) is 13.8 Å². The Bertz CT molecular complexity index is 197. The van der Waals surface area contributed by atoms with Crippen LogP contribution in [0.5, 0.6) is 0 Å². The summed E-state index contributed by atoms with van der Waals surface area (Å²) in [6.45, 7) is 7.87. The fraction of sp³-hybridized carbons (Fsp3) is 0.900. The molecule has 0 radical (unpaired) electrons. The summed E-state index contributed by atoms with van der Waals surface area (Å²) in [5, 5.41) is 0. The fourth-order valence-corrected chi connectivity index (χ4v) is 1.66. The SMILES string of the molecule is CCOC(=O)CN1CCN(C)C(C)C1. The first-order valence-electron chi connectivity index (χ1n) is 5.21. The molecule has 0 aliphatic carbocycles. The Balaban J connectivity index is 2.29. The van der Waals surface area contributed by atoms with Crippen LogP contribution in [0.4, 0.5) is 0 Å². The maximum absolute atomic E-state index is 11.2. The summed E-state index contributed by atoms with van der Waals surface area (Å²) in [5.74, 6) is -0.107. The molecule has 1 aliphatic heterocycles. The van der Waals surface area contributed by atoms with Crippen molar-refractivity contribution >= 4 is 5.97 Å². The van der Waals surface area contributed by atoms with Gasteiger partial charge in [0.1, 0.15) is 0 Å². The van der Waals surface area contributed by atoms with Crippen molar-refractivity contribution in [1.82, 2.24) is 9.80 Å². The van der Waals surface area contributed by atoms with Crippen molar-refractivity contribution in [3.63, 3.8) is 0 Å². The maximum atomic E-state index is 11.2. The molecule has 0 saturated carbocycles. The average molecular weight is 200 g/mol. The molecule has 0 amide bonds. The van der Waals surface area contributed by atoms with Gasteiger partial charge in [-0.15, -0.1) is 0 Å². The Morgan fingerprint density at radius 3 is 2.79 bits per heavy atom. The third-order valence-corrected chi connectivity index (χ3v) is 2.70. The molecule has 1 aliphatic rings. The Hall–Kier alpha value is -0.610. The third-order valence-electron chi connectivity index (χ3n) is 2.70. The molecule has 0 bridgehead atoms. The van der Waals surface area contributed by atoms with Crippen molar-refractivity contribution < 1.29 is 9.53 Å². The van der Waals surface area contributed by atoms with Gasteiger partial charge in [-0.2, -0.15) is 0 Å². The number of carbonyl (C=O) groups is 1. The number of ether oxygens (including phenoxy) is 1. The quantitative estimate of drug-likeness (QED) is 0.609. The number of piperazine rings is 1. The van der Waals surface area contributed by atoms with E-state index in [2.05, 4.69) is 23.8 Å². The number of carbonyl (C=O) groups excluding carboxylic acids is 1. The lowest BCUT2D eigenvalue weighted by Gasteiger charge is -2.37. The van der Waals surface area contributed by atoms with Crippen LogP contribution in [0.2, 0.25) is 0 Å². The van der Waals surface area contributed by atoms with Gasteiger partial charge in [-0.1, -0.05) is 0 Å². The van der Waals surface area contributed by atoms with E-state index >= 15 is 0 Å². The smallest absolute Gasteiger partial charge is 0.320 e. The molecule has 4 nitrogen and oxygen atoms in total. The number of esters is 1. The predicted octanol–water partition coefficient (Wildman–Crippen LogP) is 0.185. The van der Waals surface area contributed by atoms with Crippen molar-refractivity contribution in [2.24, 2.45) is 0 Å². The van der Waals surface area contributed by atoms with Crippen LogP contribution in [0.15, 0.2) is 0 Å². The second-order valence-electron chi connectivity index (χ2n) is 3.87. The molecular formula is C10H20N2O2. The molecule has 14 heavy (non-hydrogen) atoms. The first-order chi connectivity index (χ1) is 6.63. The van der Waals surface area contributed by atoms with Gasteiger partial charge in [0.15, 0.2) is 0 Å². The van der Waals surface area contributed by atoms with Crippen molar-refractivity contribution in [3.05, 3.63) is 0 Å². The van der Waals surface area contributed by atoms with Gasteiger partial charge in [0.05, 0.1) is 13.2 Å². The Morgan fingerprint density at radius 2 is 2.21 bits per heavy atom. The average Bonchev–Trinajstić information content (AvgIpc) is 2.12. The molecule has 1 unspecified atom stereocenters. The minimum atomic E-state index is -0.107. The van der Waals surface area contributed by atoms with Gasteiger partial charge >= 0.3 is 5.97 Å². The first-order valence-corrected chi connectivity index (χ1v) is 5.21. The number of hydrogen-bond acceptors (Lipinski definition) is 4. The van der Waals surface area contributed by atoms with Crippen LogP contribution in [0.3, 0.4) is 0 Å². The van der Waals surface area contributed by atoms with E-state index in [1.807, 2.05) is 6.92 Å². The monoisotopic (exact) mass is 200 g/mol. The van der Waals surface area contributed by atoms with Crippen molar-refractivity contribution in [2.75, 3.05) is 39.8 Å². The Labute approximate surface area is 85.8 Å². The van der Waals surface area contributed by atoms with Gasteiger partial charge in [0, 0.05) is 25.7 Å². The zero-order valence-electron chi connectivity index (χ0n) is 9.32. The molecule has 0 aromatic heterocycles. The lowest BCUT2D eigenvalue weighted by Crippen LogP contribution is -2.51. The van der Waals surface area contributed by atoms with Crippen LogP contribution in [-0.4, -0.2) is 61.6 Å².